The molecule has 0 aromatic carbocycles. The lowest BCUT2D eigenvalue weighted by Gasteiger charge is -2.34. The Balaban J connectivity index is 0.00000320. The van der Waals surface area contributed by atoms with E-state index in [1.54, 1.807) is 7.11 Å². The zero-order valence-corrected chi connectivity index (χ0v) is 21.8. The average Bonchev–Trinajstić information content (AvgIpc) is 3.17. The molecular weight excluding hydrogens is 511 g/mol. The van der Waals surface area contributed by atoms with Crippen LogP contribution in [0.15, 0.2) is 4.99 Å². The average molecular weight is 551 g/mol. The summed E-state index contributed by atoms with van der Waals surface area (Å²) in [5.74, 6) is 1.06. The first-order chi connectivity index (χ1) is 14.3. The summed E-state index contributed by atoms with van der Waals surface area (Å²) in [6, 6.07) is 0. The number of fused-ring (bicyclic) bond motifs is 1. The van der Waals surface area contributed by atoms with Crippen LogP contribution < -0.4 is 5.32 Å². The molecule has 0 radical (unpaired) electrons. The molecule has 0 spiro atoms. The molecule has 3 rings (SSSR count). The van der Waals surface area contributed by atoms with Crippen molar-refractivity contribution in [3.63, 3.8) is 0 Å². The van der Waals surface area contributed by atoms with E-state index in [1.165, 1.54) is 41.3 Å². The highest BCUT2D eigenvalue weighted by Gasteiger charge is 2.22. The SMILES string of the molecule is CCNC(=NCCCc1nc2c(s1)CCCC2)N1CCC(OCCCOC)CC1.I. The number of halogens is 1. The number of hydrogen-bond acceptors (Lipinski definition) is 5. The van der Waals surface area contributed by atoms with Gasteiger partial charge >= 0.3 is 0 Å². The van der Waals surface area contributed by atoms with E-state index in [4.69, 9.17) is 19.5 Å². The van der Waals surface area contributed by atoms with Gasteiger partial charge in [0.15, 0.2) is 5.96 Å². The van der Waals surface area contributed by atoms with Crippen molar-refractivity contribution in [1.29, 1.82) is 0 Å². The van der Waals surface area contributed by atoms with Gasteiger partial charge in [0.05, 0.1) is 16.8 Å². The normalized spacial score (nSPS) is 17.5. The van der Waals surface area contributed by atoms with Crippen molar-refractivity contribution in [2.45, 2.75) is 70.8 Å². The van der Waals surface area contributed by atoms with Gasteiger partial charge in [0.2, 0.25) is 0 Å². The van der Waals surface area contributed by atoms with Gasteiger partial charge in [-0.1, -0.05) is 0 Å². The molecule has 1 fully saturated rings. The van der Waals surface area contributed by atoms with Crippen LogP contribution in [-0.2, 0) is 28.7 Å². The minimum absolute atomic E-state index is 0. The molecule has 1 aromatic heterocycles. The molecule has 1 aromatic rings. The van der Waals surface area contributed by atoms with E-state index < -0.39 is 0 Å². The van der Waals surface area contributed by atoms with Crippen LogP contribution in [0.25, 0.3) is 0 Å². The Kier molecular flexibility index (Phi) is 12.5. The first-order valence-corrected chi connectivity index (χ1v) is 12.2. The van der Waals surface area contributed by atoms with Gasteiger partial charge in [-0.2, -0.15) is 0 Å². The number of aliphatic imine (C=N–C) groups is 1. The molecule has 30 heavy (non-hydrogen) atoms. The van der Waals surface area contributed by atoms with Crippen LogP contribution in [0.5, 0.6) is 0 Å². The lowest BCUT2D eigenvalue weighted by atomic mass is 10.0. The number of nitrogens with zero attached hydrogens (tertiary/aromatic N) is 3. The molecule has 1 N–H and O–H groups in total. The van der Waals surface area contributed by atoms with Crippen molar-refractivity contribution >= 4 is 41.3 Å². The standard InChI is InChI=1S/C22H38N4O2S.HI/c1-3-23-22(26-14-11-18(12-15-26)28-17-7-16-27-2)24-13-6-10-21-25-19-8-4-5-9-20(19)29-21;/h18H,3-17H2,1-2H3,(H,23,24);1H. The van der Waals surface area contributed by atoms with Crippen molar-refractivity contribution in [2.24, 2.45) is 4.99 Å². The maximum Gasteiger partial charge on any atom is 0.193 e. The molecule has 0 unspecified atom stereocenters. The van der Waals surface area contributed by atoms with Gasteiger partial charge in [0.25, 0.3) is 0 Å². The fourth-order valence-corrected chi connectivity index (χ4v) is 5.24. The van der Waals surface area contributed by atoms with Gasteiger partial charge in [-0.15, -0.1) is 35.3 Å². The van der Waals surface area contributed by atoms with Gasteiger partial charge in [0.1, 0.15) is 0 Å². The molecule has 0 amide bonds. The molecule has 1 saturated heterocycles. The van der Waals surface area contributed by atoms with Crippen molar-refractivity contribution in [3.8, 4) is 0 Å². The van der Waals surface area contributed by atoms with Gasteiger partial charge in [0, 0.05) is 57.8 Å². The Labute approximate surface area is 203 Å². The van der Waals surface area contributed by atoms with Gasteiger partial charge in [-0.3, -0.25) is 4.99 Å². The third-order valence-electron chi connectivity index (χ3n) is 5.62. The van der Waals surface area contributed by atoms with Gasteiger partial charge in [-0.05, 0) is 58.3 Å². The van der Waals surface area contributed by atoms with Gasteiger partial charge in [-0.25, -0.2) is 4.98 Å². The zero-order chi connectivity index (χ0) is 20.3. The van der Waals surface area contributed by atoms with E-state index in [1.807, 2.05) is 11.3 Å². The van der Waals surface area contributed by atoms with Gasteiger partial charge < -0.3 is 19.7 Å². The molecule has 1 aliphatic carbocycles. The molecule has 2 heterocycles. The number of thiazole rings is 1. The minimum Gasteiger partial charge on any atom is -0.385 e. The minimum atomic E-state index is 0. The summed E-state index contributed by atoms with van der Waals surface area (Å²) in [6.45, 7) is 7.51. The number of guanidine groups is 1. The van der Waals surface area contributed by atoms with Crippen LogP contribution >= 0.6 is 35.3 Å². The number of aryl methyl sites for hydroxylation is 3. The number of methoxy groups -OCH3 is 1. The maximum atomic E-state index is 5.98. The van der Waals surface area contributed by atoms with Crippen molar-refractivity contribution in [3.05, 3.63) is 15.6 Å². The third kappa shape index (κ3) is 8.24. The summed E-state index contributed by atoms with van der Waals surface area (Å²) in [7, 11) is 1.74. The van der Waals surface area contributed by atoms with Crippen LogP contribution in [0.4, 0.5) is 0 Å². The summed E-state index contributed by atoms with van der Waals surface area (Å²) < 4.78 is 11.1. The molecule has 6 nitrogen and oxygen atoms in total. The highest BCUT2D eigenvalue weighted by Crippen LogP contribution is 2.27. The summed E-state index contributed by atoms with van der Waals surface area (Å²) in [4.78, 5) is 13.7. The molecule has 1 aliphatic heterocycles. The Morgan fingerprint density at radius 3 is 2.73 bits per heavy atom. The first kappa shape index (κ1) is 25.8. The summed E-state index contributed by atoms with van der Waals surface area (Å²) >= 11 is 1.93. The Morgan fingerprint density at radius 2 is 2.00 bits per heavy atom. The fraction of sp³-hybridized carbons (Fsp3) is 0.818. The Hall–Kier alpha value is -0.450. The zero-order valence-electron chi connectivity index (χ0n) is 18.7. The predicted octanol–water partition coefficient (Wildman–Crippen LogP) is 4.06. The molecular formula is C22H39IN4O2S. The summed E-state index contributed by atoms with van der Waals surface area (Å²) in [6.07, 6.45) is 10.7. The number of likely N-dealkylation sites (tertiary alicyclic amines) is 1. The smallest absolute Gasteiger partial charge is 0.193 e. The number of hydrogen-bond donors (Lipinski definition) is 1. The van der Waals surface area contributed by atoms with E-state index in [9.17, 15) is 0 Å². The molecule has 2 aliphatic rings. The van der Waals surface area contributed by atoms with Crippen molar-refractivity contribution in [2.75, 3.05) is 46.5 Å². The van der Waals surface area contributed by atoms with Crippen molar-refractivity contribution < 1.29 is 9.47 Å². The number of ether oxygens (including phenoxy) is 2. The Bertz CT molecular complexity index is 609. The van der Waals surface area contributed by atoms with Crippen LogP contribution in [0.1, 0.15) is 61.0 Å². The topological polar surface area (TPSA) is 59.0 Å². The second-order valence-corrected chi connectivity index (χ2v) is 9.10. The summed E-state index contributed by atoms with van der Waals surface area (Å²) in [5, 5.41) is 4.78. The summed E-state index contributed by atoms with van der Waals surface area (Å²) in [5.41, 5.74) is 1.38. The number of piperidine rings is 1. The second kappa shape index (κ2) is 14.6. The van der Waals surface area contributed by atoms with E-state index in [0.717, 1.165) is 77.5 Å². The van der Waals surface area contributed by atoms with Crippen LogP contribution in [-0.4, -0.2) is 68.4 Å². The lowest BCUT2D eigenvalue weighted by Crippen LogP contribution is -2.47. The van der Waals surface area contributed by atoms with E-state index in [-0.39, 0.29) is 24.0 Å². The maximum absolute atomic E-state index is 5.98. The van der Waals surface area contributed by atoms with Crippen LogP contribution in [0.3, 0.4) is 0 Å². The highest BCUT2D eigenvalue weighted by atomic mass is 127. The van der Waals surface area contributed by atoms with Crippen molar-refractivity contribution in [1.82, 2.24) is 15.2 Å². The molecule has 172 valence electrons. The highest BCUT2D eigenvalue weighted by molar-refractivity contribution is 14.0. The molecule has 8 heteroatoms. The monoisotopic (exact) mass is 550 g/mol. The molecule has 0 atom stereocenters. The first-order valence-electron chi connectivity index (χ1n) is 11.4. The largest absolute Gasteiger partial charge is 0.385 e. The van der Waals surface area contributed by atoms with Crippen LogP contribution in [0.2, 0.25) is 0 Å². The third-order valence-corrected chi connectivity index (χ3v) is 6.84. The predicted molar refractivity (Wildman–Crippen MR) is 136 cm³/mol. The molecule has 0 bridgehead atoms. The quantitative estimate of drug-likeness (QED) is 0.206. The second-order valence-electron chi connectivity index (χ2n) is 7.93. The van der Waals surface area contributed by atoms with E-state index in [0.29, 0.717) is 6.10 Å². The Morgan fingerprint density at radius 1 is 1.20 bits per heavy atom. The van der Waals surface area contributed by atoms with E-state index in [2.05, 4.69) is 17.1 Å². The lowest BCUT2D eigenvalue weighted by molar-refractivity contribution is 0.00990. The number of nitrogens with one attached hydrogen (secondary N) is 1. The van der Waals surface area contributed by atoms with Crippen LogP contribution in [0, 0.1) is 0 Å². The van der Waals surface area contributed by atoms with E-state index >= 15 is 0 Å². The number of aromatic nitrogens is 1. The molecule has 0 saturated carbocycles. The number of rotatable bonds is 10. The fourth-order valence-electron chi connectivity index (χ4n) is 4.04.